The van der Waals surface area contributed by atoms with E-state index in [2.05, 4.69) is 5.32 Å². The van der Waals surface area contributed by atoms with Crippen LogP contribution in [-0.2, 0) is 32.6 Å². The fraction of sp³-hybridized carbons (Fsp3) is 0.333. The van der Waals surface area contributed by atoms with Crippen molar-refractivity contribution in [1.29, 1.82) is 0 Å². The number of unbranched alkanes of at least 4 members (excludes halogenated alkanes) is 1. The molecule has 3 aromatic carbocycles. The smallest absolute Gasteiger partial charge is 0.244 e. The highest BCUT2D eigenvalue weighted by atomic mass is 35.5. The van der Waals surface area contributed by atoms with Crippen LogP contribution >= 0.6 is 23.2 Å². The van der Waals surface area contributed by atoms with Crippen molar-refractivity contribution in [1.82, 2.24) is 10.2 Å². The van der Waals surface area contributed by atoms with Crippen molar-refractivity contribution in [3.8, 4) is 0 Å². The van der Waals surface area contributed by atoms with Gasteiger partial charge in [-0.05, 0) is 54.3 Å². The molecule has 0 unspecified atom stereocenters. The Kier molecular flexibility index (Phi) is 11.4. The maximum absolute atomic E-state index is 14.0. The van der Waals surface area contributed by atoms with Crippen LogP contribution in [0.1, 0.15) is 36.5 Å². The van der Waals surface area contributed by atoms with Crippen LogP contribution in [0.4, 0.5) is 5.69 Å². The fourth-order valence-corrected chi connectivity index (χ4v) is 5.34. The molecule has 0 aromatic heterocycles. The van der Waals surface area contributed by atoms with Crippen molar-refractivity contribution in [2.75, 3.05) is 23.7 Å². The quantitative estimate of drug-likeness (QED) is 0.257. The Balaban J connectivity index is 2.03. The normalized spacial score (nSPS) is 12.0. The second-order valence-electron chi connectivity index (χ2n) is 9.70. The number of hydrogen-bond donors (Lipinski definition) is 1. The van der Waals surface area contributed by atoms with E-state index >= 15 is 0 Å². The lowest BCUT2D eigenvalue weighted by Crippen LogP contribution is -2.53. The summed E-state index contributed by atoms with van der Waals surface area (Å²) in [7, 11) is -3.87. The Labute approximate surface area is 247 Å². The van der Waals surface area contributed by atoms with E-state index in [4.69, 9.17) is 23.2 Å². The van der Waals surface area contributed by atoms with Crippen LogP contribution in [0.15, 0.2) is 72.8 Å². The Hall–Kier alpha value is -3.07. The minimum atomic E-state index is -3.87. The zero-order valence-electron chi connectivity index (χ0n) is 22.9. The largest absolute Gasteiger partial charge is 0.354 e. The predicted octanol–water partition coefficient (Wildman–Crippen LogP) is 5.62. The van der Waals surface area contributed by atoms with E-state index in [-0.39, 0.29) is 24.6 Å². The number of sulfonamides is 1. The number of halogens is 2. The van der Waals surface area contributed by atoms with Gasteiger partial charge in [0.15, 0.2) is 0 Å². The number of carbonyl (C=O) groups is 2. The fourth-order valence-electron chi connectivity index (χ4n) is 4.20. The molecule has 3 rings (SSSR count). The molecule has 0 fully saturated rings. The van der Waals surface area contributed by atoms with E-state index in [9.17, 15) is 18.0 Å². The van der Waals surface area contributed by atoms with Gasteiger partial charge in [-0.1, -0.05) is 85.1 Å². The highest BCUT2D eigenvalue weighted by Gasteiger charge is 2.33. The maximum atomic E-state index is 14.0. The van der Waals surface area contributed by atoms with Gasteiger partial charge in [-0.2, -0.15) is 0 Å². The first kappa shape index (κ1) is 31.5. The molecule has 2 amide bonds. The topological polar surface area (TPSA) is 86.8 Å². The summed E-state index contributed by atoms with van der Waals surface area (Å²) in [5.74, 6) is -0.826. The van der Waals surface area contributed by atoms with Gasteiger partial charge in [-0.3, -0.25) is 13.9 Å². The summed E-state index contributed by atoms with van der Waals surface area (Å²) < 4.78 is 26.8. The predicted molar refractivity (Wildman–Crippen MR) is 162 cm³/mol. The summed E-state index contributed by atoms with van der Waals surface area (Å²) in [5, 5.41) is 3.88. The van der Waals surface area contributed by atoms with E-state index in [1.807, 2.05) is 37.3 Å². The highest BCUT2D eigenvalue weighted by Crippen LogP contribution is 2.26. The van der Waals surface area contributed by atoms with Crippen LogP contribution in [0.2, 0.25) is 10.0 Å². The summed E-state index contributed by atoms with van der Waals surface area (Å²) in [6.07, 6.45) is 2.99. The summed E-state index contributed by atoms with van der Waals surface area (Å²) >= 11 is 12.4. The molecule has 40 heavy (non-hydrogen) atoms. The first-order valence-corrected chi connectivity index (χ1v) is 15.7. The van der Waals surface area contributed by atoms with E-state index in [0.29, 0.717) is 16.6 Å². The van der Waals surface area contributed by atoms with Crippen LogP contribution in [0.25, 0.3) is 0 Å². The molecular formula is C30H35Cl2N3O4S. The Bertz CT molecular complexity index is 1400. The number of nitrogens with one attached hydrogen (secondary N) is 1. The zero-order chi connectivity index (χ0) is 29.3. The second-order valence-corrected chi connectivity index (χ2v) is 12.5. The molecule has 0 bridgehead atoms. The highest BCUT2D eigenvalue weighted by molar-refractivity contribution is 7.92. The van der Waals surface area contributed by atoms with Crippen LogP contribution in [0, 0.1) is 6.92 Å². The molecule has 0 saturated carbocycles. The summed E-state index contributed by atoms with van der Waals surface area (Å²) in [6, 6.07) is 20.4. The lowest BCUT2D eigenvalue weighted by molar-refractivity contribution is -0.140. The third-order valence-electron chi connectivity index (χ3n) is 6.49. The molecular weight excluding hydrogens is 569 g/mol. The average Bonchev–Trinajstić information content (AvgIpc) is 2.92. The molecule has 0 spiro atoms. The minimum absolute atomic E-state index is 0.0843. The Morgan fingerprint density at radius 1 is 0.950 bits per heavy atom. The van der Waals surface area contributed by atoms with Crippen molar-refractivity contribution < 1.29 is 18.0 Å². The van der Waals surface area contributed by atoms with E-state index in [1.165, 1.54) is 11.0 Å². The van der Waals surface area contributed by atoms with Crippen LogP contribution in [-0.4, -0.2) is 50.5 Å². The SMILES string of the molecule is CCCCNC(=O)[C@@H](Cc1ccccc1)N(Cc1ccc(Cl)cc1)C(=O)CN(c1ccc(C)c(Cl)c1)S(C)(=O)=O. The van der Waals surface area contributed by atoms with E-state index < -0.39 is 28.5 Å². The van der Waals surface area contributed by atoms with E-state index in [1.54, 1.807) is 43.3 Å². The molecule has 0 aliphatic heterocycles. The molecule has 7 nitrogen and oxygen atoms in total. The van der Waals surface area contributed by atoms with Crippen molar-refractivity contribution in [3.63, 3.8) is 0 Å². The van der Waals surface area contributed by atoms with Gasteiger partial charge in [0, 0.05) is 29.6 Å². The average molecular weight is 605 g/mol. The van der Waals surface area contributed by atoms with Crippen LogP contribution in [0.3, 0.4) is 0 Å². The molecule has 214 valence electrons. The molecule has 0 aliphatic rings. The number of anilines is 1. The van der Waals surface area contributed by atoms with Gasteiger partial charge in [0.05, 0.1) is 11.9 Å². The zero-order valence-corrected chi connectivity index (χ0v) is 25.3. The van der Waals surface area contributed by atoms with E-state index in [0.717, 1.165) is 40.1 Å². The lowest BCUT2D eigenvalue weighted by Gasteiger charge is -2.33. The van der Waals surface area contributed by atoms with Gasteiger partial charge >= 0.3 is 0 Å². The second kappa shape index (κ2) is 14.5. The number of aryl methyl sites for hydroxylation is 1. The third kappa shape index (κ3) is 8.98. The molecule has 3 aromatic rings. The van der Waals surface area contributed by atoms with Gasteiger partial charge in [0.2, 0.25) is 21.8 Å². The van der Waals surface area contributed by atoms with Gasteiger partial charge in [-0.25, -0.2) is 8.42 Å². The first-order valence-electron chi connectivity index (χ1n) is 13.1. The number of benzene rings is 3. The van der Waals surface area contributed by atoms with Crippen molar-refractivity contribution in [2.24, 2.45) is 0 Å². The number of hydrogen-bond acceptors (Lipinski definition) is 4. The van der Waals surface area contributed by atoms with Crippen LogP contribution < -0.4 is 9.62 Å². The van der Waals surface area contributed by atoms with Crippen molar-refractivity contribution in [2.45, 2.75) is 45.7 Å². The number of carbonyl (C=O) groups excluding carboxylic acids is 2. The van der Waals surface area contributed by atoms with Crippen molar-refractivity contribution >= 4 is 50.7 Å². The molecule has 0 heterocycles. The van der Waals surface area contributed by atoms with Gasteiger partial charge in [0.25, 0.3) is 0 Å². The lowest BCUT2D eigenvalue weighted by atomic mass is 10.0. The standard InChI is InChI=1S/C30H35Cl2N3O4S/c1-4-5-17-33-30(37)28(18-23-9-7-6-8-10-23)34(20-24-12-14-25(31)15-13-24)29(36)21-35(40(3,38)39)26-16-11-22(2)27(32)19-26/h6-16,19,28H,4-5,17-18,20-21H2,1-3H3,(H,33,37)/t28-/m1/s1. The molecule has 1 atom stereocenters. The number of amides is 2. The maximum Gasteiger partial charge on any atom is 0.244 e. The minimum Gasteiger partial charge on any atom is -0.354 e. The Morgan fingerprint density at radius 3 is 2.23 bits per heavy atom. The van der Waals surface area contributed by atoms with Gasteiger partial charge in [0.1, 0.15) is 12.6 Å². The van der Waals surface area contributed by atoms with Gasteiger partial charge in [-0.15, -0.1) is 0 Å². The molecule has 0 radical (unpaired) electrons. The number of nitrogens with zero attached hydrogens (tertiary/aromatic N) is 2. The van der Waals surface area contributed by atoms with Gasteiger partial charge < -0.3 is 10.2 Å². The third-order valence-corrected chi connectivity index (χ3v) is 8.29. The Morgan fingerprint density at radius 2 is 1.62 bits per heavy atom. The first-order chi connectivity index (χ1) is 19.0. The van der Waals surface area contributed by atoms with Crippen LogP contribution in [0.5, 0.6) is 0 Å². The summed E-state index contributed by atoms with van der Waals surface area (Å²) in [5.41, 5.74) is 2.67. The summed E-state index contributed by atoms with van der Waals surface area (Å²) in [6.45, 7) is 3.89. The number of rotatable bonds is 13. The monoisotopic (exact) mass is 603 g/mol. The molecule has 10 heteroatoms. The molecule has 0 aliphatic carbocycles. The molecule has 1 N–H and O–H groups in total. The van der Waals surface area contributed by atoms with Crippen molar-refractivity contribution in [3.05, 3.63) is 99.5 Å². The molecule has 0 saturated heterocycles. The summed E-state index contributed by atoms with van der Waals surface area (Å²) in [4.78, 5) is 29.1.